The van der Waals surface area contributed by atoms with Crippen LogP contribution in [-0.2, 0) is 11.0 Å². The summed E-state index contributed by atoms with van der Waals surface area (Å²) in [5, 5.41) is 2.23. The van der Waals surface area contributed by atoms with Gasteiger partial charge in [-0.2, -0.15) is 13.2 Å². The van der Waals surface area contributed by atoms with E-state index in [9.17, 15) is 22.8 Å². The number of carbonyl (C=O) groups is 1. The summed E-state index contributed by atoms with van der Waals surface area (Å²) < 4.78 is 39.1. The SMILES string of the molecule is Cc1cc2c(=O)[nH]c(SC(C)C(=O)Nc3ccccc3C(F)(F)F)nc2s1. The van der Waals surface area contributed by atoms with E-state index in [1.807, 2.05) is 6.92 Å². The number of rotatable bonds is 4. The van der Waals surface area contributed by atoms with Crippen molar-refractivity contribution in [2.75, 3.05) is 5.32 Å². The van der Waals surface area contributed by atoms with Gasteiger partial charge >= 0.3 is 6.18 Å². The zero-order valence-corrected chi connectivity index (χ0v) is 15.8. The Morgan fingerprint density at radius 1 is 1.33 bits per heavy atom. The quantitative estimate of drug-likeness (QED) is 0.490. The summed E-state index contributed by atoms with van der Waals surface area (Å²) in [5.74, 6) is -0.623. The lowest BCUT2D eigenvalue weighted by Crippen LogP contribution is -2.24. The summed E-state index contributed by atoms with van der Waals surface area (Å²) in [5.41, 5.74) is -1.55. The van der Waals surface area contributed by atoms with E-state index < -0.39 is 22.9 Å². The molecule has 0 aliphatic carbocycles. The minimum atomic E-state index is -4.57. The number of thioether (sulfide) groups is 1. The van der Waals surface area contributed by atoms with Gasteiger partial charge in [0.2, 0.25) is 5.91 Å². The molecule has 0 radical (unpaired) electrons. The lowest BCUT2D eigenvalue weighted by Gasteiger charge is -2.15. The molecule has 1 unspecified atom stereocenters. The van der Waals surface area contributed by atoms with Crippen LogP contribution in [0, 0.1) is 6.92 Å². The molecule has 2 N–H and O–H groups in total. The number of alkyl halides is 3. The Morgan fingerprint density at radius 2 is 2.04 bits per heavy atom. The van der Waals surface area contributed by atoms with Gasteiger partial charge in [0.1, 0.15) is 4.83 Å². The molecule has 0 aliphatic rings. The fourth-order valence-electron chi connectivity index (χ4n) is 2.38. The standard InChI is InChI=1S/C17H14F3N3O2S2/c1-8-7-10-14(25)22-16(23-15(10)26-8)27-9(2)13(24)21-12-6-4-3-5-11(12)17(18,19)20/h3-7,9H,1-2H3,(H,21,24)(H,22,23,25). The number of halogens is 3. The zero-order valence-electron chi connectivity index (χ0n) is 14.2. The van der Waals surface area contributed by atoms with Gasteiger partial charge in [0.25, 0.3) is 5.56 Å². The monoisotopic (exact) mass is 413 g/mol. The van der Waals surface area contributed by atoms with Gasteiger partial charge in [-0.3, -0.25) is 9.59 Å². The van der Waals surface area contributed by atoms with Gasteiger partial charge in [-0.05, 0) is 32.0 Å². The van der Waals surface area contributed by atoms with E-state index in [-0.39, 0.29) is 16.4 Å². The van der Waals surface area contributed by atoms with Crippen LogP contribution in [0.3, 0.4) is 0 Å². The molecule has 142 valence electrons. The predicted octanol–water partition coefficient (Wildman–Crippen LogP) is 4.43. The van der Waals surface area contributed by atoms with E-state index in [0.717, 1.165) is 22.7 Å². The molecule has 0 aliphatic heterocycles. The van der Waals surface area contributed by atoms with Crippen molar-refractivity contribution in [3.8, 4) is 0 Å². The van der Waals surface area contributed by atoms with E-state index in [1.165, 1.54) is 36.5 Å². The number of fused-ring (bicyclic) bond motifs is 1. The van der Waals surface area contributed by atoms with Crippen LogP contribution in [-0.4, -0.2) is 21.1 Å². The second-order valence-corrected chi connectivity index (χ2v) is 8.30. The molecule has 0 spiro atoms. The summed E-state index contributed by atoms with van der Waals surface area (Å²) in [6.45, 7) is 3.38. The first-order valence-corrected chi connectivity index (χ1v) is 9.49. The average Bonchev–Trinajstić information content (AvgIpc) is 2.95. The number of nitrogens with one attached hydrogen (secondary N) is 2. The third-order valence-corrected chi connectivity index (χ3v) is 5.58. The summed E-state index contributed by atoms with van der Waals surface area (Å²) >= 11 is 2.32. The number of benzene rings is 1. The van der Waals surface area contributed by atoms with Crippen molar-refractivity contribution in [1.82, 2.24) is 9.97 Å². The molecule has 3 aromatic rings. The summed E-state index contributed by atoms with van der Waals surface area (Å²) in [7, 11) is 0. The summed E-state index contributed by atoms with van der Waals surface area (Å²) in [6, 6.07) is 6.49. The summed E-state index contributed by atoms with van der Waals surface area (Å²) in [4.78, 5) is 32.8. The Hall–Kier alpha value is -2.33. The Morgan fingerprint density at radius 3 is 2.74 bits per heavy atom. The lowest BCUT2D eigenvalue weighted by atomic mass is 10.1. The zero-order chi connectivity index (χ0) is 19.8. The number of hydrogen-bond donors (Lipinski definition) is 2. The number of nitrogens with zero attached hydrogens (tertiary/aromatic N) is 1. The van der Waals surface area contributed by atoms with Crippen LogP contribution in [0.15, 0.2) is 40.3 Å². The van der Waals surface area contributed by atoms with E-state index in [2.05, 4.69) is 15.3 Å². The lowest BCUT2D eigenvalue weighted by molar-refractivity contribution is -0.137. The second-order valence-electron chi connectivity index (χ2n) is 5.74. The number of hydrogen-bond acceptors (Lipinski definition) is 5. The third kappa shape index (κ3) is 4.33. The highest BCUT2D eigenvalue weighted by Crippen LogP contribution is 2.35. The van der Waals surface area contributed by atoms with Crippen LogP contribution < -0.4 is 10.9 Å². The maximum absolute atomic E-state index is 13.0. The Labute approximate surface area is 160 Å². The molecule has 0 fully saturated rings. The Kier molecular flexibility index (Phi) is 5.29. The molecule has 2 aromatic heterocycles. The van der Waals surface area contributed by atoms with Crippen molar-refractivity contribution in [2.24, 2.45) is 0 Å². The first kappa shape index (κ1) is 19.4. The maximum atomic E-state index is 13.0. The highest BCUT2D eigenvalue weighted by molar-refractivity contribution is 8.00. The average molecular weight is 413 g/mol. The molecule has 5 nitrogen and oxygen atoms in total. The first-order valence-electron chi connectivity index (χ1n) is 7.79. The van der Waals surface area contributed by atoms with Crippen LogP contribution in [0.4, 0.5) is 18.9 Å². The van der Waals surface area contributed by atoms with Gasteiger partial charge in [-0.15, -0.1) is 11.3 Å². The molecule has 2 heterocycles. The highest BCUT2D eigenvalue weighted by Gasteiger charge is 2.34. The molecule has 0 saturated carbocycles. The number of aromatic nitrogens is 2. The van der Waals surface area contributed by atoms with Crippen LogP contribution in [0.25, 0.3) is 10.2 Å². The largest absolute Gasteiger partial charge is 0.418 e. The summed E-state index contributed by atoms with van der Waals surface area (Å²) in [6.07, 6.45) is -4.57. The first-order chi connectivity index (χ1) is 12.6. The second kappa shape index (κ2) is 7.35. The van der Waals surface area contributed by atoms with Gasteiger partial charge in [-0.1, -0.05) is 23.9 Å². The van der Waals surface area contributed by atoms with Crippen LogP contribution in [0.2, 0.25) is 0 Å². The third-order valence-electron chi connectivity index (χ3n) is 3.65. The molecule has 10 heteroatoms. The fraction of sp³-hybridized carbons (Fsp3) is 0.235. The van der Waals surface area contributed by atoms with Gasteiger partial charge in [-0.25, -0.2) is 4.98 Å². The normalized spacial score (nSPS) is 12.9. The smallest absolute Gasteiger partial charge is 0.325 e. The van der Waals surface area contributed by atoms with Crippen LogP contribution >= 0.6 is 23.1 Å². The number of H-pyrrole nitrogens is 1. The molecule has 1 amide bonds. The predicted molar refractivity (Wildman–Crippen MR) is 100 cm³/mol. The maximum Gasteiger partial charge on any atom is 0.418 e. The van der Waals surface area contributed by atoms with Crippen LogP contribution in [0.1, 0.15) is 17.4 Å². The number of para-hydroxylation sites is 1. The number of aromatic amines is 1. The number of thiophene rings is 1. The Balaban J connectivity index is 1.78. The van der Waals surface area contributed by atoms with E-state index in [0.29, 0.717) is 10.2 Å². The van der Waals surface area contributed by atoms with Crippen LogP contribution in [0.5, 0.6) is 0 Å². The molecule has 0 saturated heterocycles. The van der Waals surface area contributed by atoms with E-state index in [4.69, 9.17) is 0 Å². The van der Waals surface area contributed by atoms with Gasteiger partial charge in [0.15, 0.2) is 5.16 Å². The molecular formula is C17H14F3N3O2S2. The number of aryl methyl sites for hydroxylation is 1. The van der Waals surface area contributed by atoms with Crippen molar-refractivity contribution in [1.29, 1.82) is 0 Å². The van der Waals surface area contributed by atoms with E-state index in [1.54, 1.807) is 6.07 Å². The molecular weight excluding hydrogens is 399 g/mol. The number of amides is 1. The highest BCUT2D eigenvalue weighted by atomic mass is 32.2. The molecule has 1 aromatic carbocycles. The molecule has 1 atom stereocenters. The van der Waals surface area contributed by atoms with Crippen molar-refractivity contribution in [2.45, 2.75) is 30.4 Å². The van der Waals surface area contributed by atoms with Crippen molar-refractivity contribution < 1.29 is 18.0 Å². The van der Waals surface area contributed by atoms with Crippen molar-refractivity contribution in [3.05, 3.63) is 51.1 Å². The Bertz CT molecular complexity index is 1060. The van der Waals surface area contributed by atoms with Gasteiger partial charge in [0.05, 0.1) is 21.9 Å². The van der Waals surface area contributed by atoms with Crippen molar-refractivity contribution in [3.63, 3.8) is 0 Å². The molecule has 27 heavy (non-hydrogen) atoms. The minimum absolute atomic E-state index is 0.237. The van der Waals surface area contributed by atoms with E-state index >= 15 is 0 Å². The van der Waals surface area contributed by atoms with Gasteiger partial charge in [0, 0.05) is 4.88 Å². The van der Waals surface area contributed by atoms with Crippen molar-refractivity contribution >= 4 is 44.9 Å². The molecule has 0 bridgehead atoms. The van der Waals surface area contributed by atoms with Gasteiger partial charge < -0.3 is 10.3 Å². The number of carbonyl (C=O) groups excluding carboxylic acids is 1. The fourth-order valence-corrected chi connectivity index (χ4v) is 4.12. The number of anilines is 1. The molecule has 3 rings (SSSR count). The minimum Gasteiger partial charge on any atom is -0.325 e. The topological polar surface area (TPSA) is 74.8 Å².